The van der Waals surface area contributed by atoms with Crippen LogP contribution in [-0.4, -0.2) is 36.1 Å². The number of hydrogen-bond acceptors (Lipinski definition) is 5. The number of nitrogens with one attached hydrogen (secondary N) is 1. The molecule has 0 unspecified atom stereocenters. The molecular weight excluding hydrogens is 325 g/mol. The summed E-state index contributed by atoms with van der Waals surface area (Å²) in [5, 5.41) is 14.8. The Morgan fingerprint density at radius 1 is 1.28 bits per heavy atom. The number of H-pyrrole nitrogens is 1. The van der Waals surface area contributed by atoms with E-state index in [1.54, 1.807) is 12.3 Å². The SMILES string of the molecule is NC/C(=C\F)Cn1nc2cc(-c3ccc4nn[nH]c4c3)ccn2c1=O. The predicted molar refractivity (Wildman–Crippen MR) is 90.6 cm³/mol. The smallest absolute Gasteiger partial charge is 0.327 e. The summed E-state index contributed by atoms with van der Waals surface area (Å²) in [6, 6.07) is 9.33. The van der Waals surface area contributed by atoms with Crippen molar-refractivity contribution in [2.45, 2.75) is 6.54 Å². The molecule has 3 heterocycles. The summed E-state index contributed by atoms with van der Waals surface area (Å²) in [6.45, 7) is 0.0505. The van der Waals surface area contributed by atoms with E-state index in [2.05, 4.69) is 20.5 Å². The lowest BCUT2D eigenvalue weighted by atomic mass is 10.1. The number of aromatic amines is 1. The molecule has 0 spiro atoms. The molecule has 0 radical (unpaired) electrons. The molecule has 9 heteroatoms. The summed E-state index contributed by atoms with van der Waals surface area (Å²) in [6.07, 6.45) is 2.06. The van der Waals surface area contributed by atoms with E-state index in [0.717, 1.165) is 22.2 Å². The van der Waals surface area contributed by atoms with Crippen molar-refractivity contribution in [2.75, 3.05) is 6.54 Å². The number of fused-ring (bicyclic) bond motifs is 2. The van der Waals surface area contributed by atoms with Gasteiger partial charge in [0, 0.05) is 12.7 Å². The average molecular weight is 339 g/mol. The predicted octanol–water partition coefficient (Wildman–Crippen LogP) is 1.25. The van der Waals surface area contributed by atoms with Crippen LogP contribution in [0.2, 0.25) is 0 Å². The Morgan fingerprint density at radius 2 is 2.12 bits per heavy atom. The highest BCUT2D eigenvalue weighted by molar-refractivity contribution is 5.81. The fraction of sp³-hybridized carbons (Fsp3) is 0.125. The van der Waals surface area contributed by atoms with Crippen molar-refractivity contribution in [2.24, 2.45) is 5.73 Å². The number of rotatable bonds is 4. The van der Waals surface area contributed by atoms with E-state index in [-0.39, 0.29) is 18.8 Å². The highest BCUT2D eigenvalue weighted by atomic mass is 19.1. The standard InChI is InChI=1S/C16H14FN7O/c17-7-10(8-18)9-24-16(25)23-4-3-12(6-15(23)21-24)11-1-2-13-14(5-11)20-22-19-13/h1-7H,8-9,18H2,(H,19,20,22)/b10-7+. The van der Waals surface area contributed by atoms with Gasteiger partial charge in [0.25, 0.3) is 0 Å². The van der Waals surface area contributed by atoms with Crippen molar-refractivity contribution < 1.29 is 4.39 Å². The third-order valence-electron chi connectivity index (χ3n) is 4.01. The molecule has 0 saturated heterocycles. The fourth-order valence-corrected chi connectivity index (χ4v) is 2.66. The van der Waals surface area contributed by atoms with Crippen molar-refractivity contribution in [1.29, 1.82) is 0 Å². The first-order valence-electron chi connectivity index (χ1n) is 7.58. The van der Waals surface area contributed by atoms with Gasteiger partial charge in [-0.2, -0.15) is 0 Å². The third-order valence-corrected chi connectivity index (χ3v) is 4.01. The van der Waals surface area contributed by atoms with Gasteiger partial charge in [-0.15, -0.1) is 10.2 Å². The first kappa shape index (κ1) is 15.2. The number of halogens is 1. The Hall–Kier alpha value is -3.33. The van der Waals surface area contributed by atoms with Crippen LogP contribution in [0.25, 0.3) is 27.8 Å². The Balaban J connectivity index is 1.78. The minimum absolute atomic E-state index is 0.0224. The highest BCUT2D eigenvalue weighted by Crippen LogP contribution is 2.23. The molecule has 0 bridgehead atoms. The van der Waals surface area contributed by atoms with Gasteiger partial charge in [-0.3, -0.25) is 9.50 Å². The van der Waals surface area contributed by atoms with Gasteiger partial charge in [0.1, 0.15) is 5.52 Å². The number of aromatic nitrogens is 6. The normalized spacial score (nSPS) is 12.3. The highest BCUT2D eigenvalue weighted by Gasteiger charge is 2.10. The maximum Gasteiger partial charge on any atom is 0.350 e. The molecule has 0 atom stereocenters. The molecule has 3 aromatic heterocycles. The molecule has 126 valence electrons. The zero-order valence-electron chi connectivity index (χ0n) is 13.1. The van der Waals surface area contributed by atoms with Gasteiger partial charge in [0.2, 0.25) is 0 Å². The van der Waals surface area contributed by atoms with Crippen molar-refractivity contribution in [3.63, 3.8) is 0 Å². The molecule has 0 fully saturated rings. The lowest BCUT2D eigenvalue weighted by Crippen LogP contribution is -2.23. The van der Waals surface area contributed by atoms with Crippen molar-refractivity contribution in [1.82, 2.24) is 29.6 Å². The van der Waals surface area contributed by atoms with Crippen LogP contribution < -0.4 is 11.4 Å². The molecule has 1 aromatic carbocycles. The molecule has 0 aliphatic carbocycles. The Kier molecular flexibility index (Phi) is 3.62. The monoisotopic (exact) mass is 339 g/mol. The minimum Gasteiger partial charge on any atom is -0.327 e. The second-order valence-corrected chi connectivity index (χ2v) is 5.60. The van der Waals surface area contributed by atoms with Gasteiger partial charge in [0.15, 0.2) is 5.65 Å². The first-order valence-corrected chi connectivity index (χ1v) is 7.58. The summed E-state index contributed by atoms with van der Waals surface area (Å²) >= 11 is 0. The van der Waals surface area contributed by atoms with Gasteiger partial charge in [-0.1, -0.05) is 11.3 Å². The second kappa shape index (κ2) is 5.95. The number of hydrogen-bond donors (Lipinski definition) is 2. The summed E-state index contributed by atoms with van der Waals surface area (Å²) < 4.78 is 15.3. The van der Waals surface area contributed by atoms with Gasteiger partial charge >= 0.3 is 5.69 Å². The van der Waals surface area contributed by atoms with Crippen molar-refractivity contribution in [3.8, 4) is 11.1 Å². The van der Waals surface area contributed by atoms with Gasteiger partial charge in [-0.05, 0) is 41.0 Å². The van der Waals surface area contributed by atoms with E-state index in [9.17, 15) is 9.18 Å². The average Bonchev–Trinajstić information content (AvgIpc) is 3.23. The molecule has 0 aliphatic rings. The van der Waals surface area contributed by atoms with Crippen LogP contribution in [0.15, 0.2) is 53.2 Å². The summed E-state index contributed by atoms with van der Waals surface area (Å²) in [5.74, 6) is 0. The van der Waals surface area contributed by atoms with Crippen LogP contribution in [0.3, 0.4) is 0 Å². The number of pyridine rings is 1. The number of benzene rings is 1. The molecular formula is C16H14FN7O. The minimum atomic E-state index is -0.345. The van der Waals surface area contributed by atoms with Gasteiger partial charge in [0.05, 0.1) is 18.4 Å². The molecule has 8 nitrogen and oxygen atoms in total. The van der Waals surface area contributed by atoms with E-state index in [4.69, 9.17) is 5.73 Å². The summed E-state index contributed by atoms with van der Waals surface area (Å²) in [7, 11) is 0. The van der Waals surface area contributed by atoms with Crippen molar-refractivity contribution >= 4 is 16.7 Å². The molecule has 4 rings (SSSR count). The molecule has 0 saturated carbocycles. The van der Waals surface area contributed by atoms with Crippen LogP contribution in [0, 0.1) is 0 Å². The Morgan fingerprint density at radius 3 is 2.92 bits per heavy atom. The lowest BCUT2D eigenvalue weighted by Gasteiger charge is -2.01. The molecule has 3 N–H and O–H groups in total. The van der Waals surface area contributed by atoms with E-state index in [1.165, 1.54) is 9.08 Å². The van der Waals surface area contributed by atoms with Crippen LogP contribution in [0.1, 0.15) is 0 Å². The summed E-state index contributed by atoms with van der Waals surface area (Å²) in [4.78, 5) is 12.3. The Labute approximate surface area is 140 Å². The van der Waals surface area contributed by atoms with E-state index >= 15 is 0 Å². The topological polar surface area (TPSA) is 107 Å². The lowest BCUT2D eigenvalue weighted by molar-refractivity contribution is 0.616. The molecule has 0 aliphatic heterocycles. The fourth-order valence-electron chi connectivity index (χ4n) is 2.66. The second-order valence-electron chi connectivity index (χ2n) is 5.60. The van der Waals surface area contributed by atoms with Gasteiger partial charge in [-0.25, -0.2) is 13.9 Å². The Bertz CT molecular complexity index is 1150. The van der Waals surface area contributed by atoms with E-state index in [1.807, 2.05) is 24.3 Å². The number of nitrogens with zero attached hydrogens (tertiary/aromatic N) is 5. The van der Waals surface area contributed by atoms with E-state index in [0.29, 0.717) is 17.6 Å². The first-order chi connectivity index (χ1) is 12.2. The maximum atomic E-state index is 12.7. The summed E-state index contributed by atoms with van der Waals surface area (Å²) in [5.41, 5.74) is 9.29. The molecule has 4 aromatic rings. The van der Waals surface area contributed by atoms with Crippen LogP contribution in [0.4, 0.5) is 4.39 Å². The zero-order valence-corrected chi connectivity index (χ0v) is 13.1. The van der Waals surface area contributed by atoms with E-state index < -0.39 is 0 Å². The van der Waals surface area contributed by atoms with Crippen LogP contribution >= 0.6 is 0 Å². The maximum absolute atomic E-state index is 12.7. The van der Waals surface area contributed by atoms with Crippen molar-refractivity contribution in [3.05, 3.63) is 58.9 Å². The largest absolute Gasteiger partial charge is 0.350 e. The third kappa shape index (κ3) is 2.60. The van der Waals surface area contributed by atoms with Gasteiger partial charge < -0.3 is 5.73 Å². The molecule has 25 heavy (non-hydrogen) atoms. The zero-order chi connectivity index (χ0) is 17.4. The molecule has 0 amide bonds. The quantitative estimate of drug-likeness (QED) is 0.582. The number of nitrogens with two attached hydrogens (primary N) is 1. The van der Waals surface area contributed by atoms with Crippen LogP contribution in [-0.2, 0) is 6.54 Å². The van der Waals surface area contributed by atoms with Crippen LogP contribution in [0.5, 0.6) is 0 Å².